The highest BCUT2D eigenvalue weighted by atomic mass is 16.3. The van der Waals surface area contributed by atoms with E-state index in [0.717, 1.165) is 0 Å². The first-order valence-corrected chi connectivity index (χ1v) is 3.52. The second kappa shape index (κ2) is 2.86. The molecule has 0 aromatic carbocycles. The van der Waals surface area contributed by atoms with Crippen molar-refractivity contribution in [1.82, 2.24) is 0 Å². The number of hydrogen-bond acceptors (Lipinski definition) is 3. The normalized spacial score (nSPS) is 18.6. The van der Waals surface area contributed by atoms with Crippen molar-refractivity contribution in [2.45, 2.75) is 38.3 Å². The summed E-state index contributed by atoms with van der Waals surface area (Å²) in [7, 11) is 0. The third kappa shape index (κ3) is 2.25. The Morgan fingerprint density at radius 3 is 1.80 bits per heavy atom. The van der Waals surface area contributed by atoms with Gasteiger partial charge in [-0.2, -0.15) is 0 Å². The molecule has 0 bridgehead atoms. The van der Waals surface area contributed by atoms with E-state index >= 15 is 0 Å². The van der Waals surface area contributed by atoms with Crippen LogP contribution in [0, 0.1) is 0 Å². The molecule has 0 fully saturated rings. The Morgan fingerprint density at radius 1 is 1.30 bits per heavy atom. The minimum absolute atomic E-state index is 0.466. The quantitative estimate of drug-likeness (QED) is 0.517. The summed E-state index contributed by atoms with van der Waals surface area (Å²) in [6.07, 6.45) is 0.538. The van der Waals surface area contributed by atoms with Crippen molar-refractivity contribution in [2.75, 3.05) is 6.54 Å². The number of rotatable bonds is 3. The maximum absolute atomic E-state index is 9.65. The van der Waals surface area contributed by atoms with Gasteiger partial charge in [0, 0.05) is 5.54 Å². The molecule has 62 valence electrons. The van der Waals surface area contributed by atoms with Crippen molar-refractivity contribution < 1.29 is 5.11 Å². The van der Waals surface area contributed by atoms with Crippen LogP contribution in [0.25, 0.3) is 0 Å². The highest BCUT2D eigenvalue weighted by Crippen LogP contribution is 2.21. The molecule has 5 N–H and O–H groups in total. The summed E-state index contributed by atoms with van der Waals surface area (Å²) in [5, 5.41) is 9.65. The first kappa shape index (κ1) is 9.88. The standard InChI is InChI=1S/C7H18N2O/c1-6(2,9)7(3,10)4-5-8/h10H,4-5,8-9H2,1-3H3. The maximum atomic E-state index is 9.65. The summed E-state index contributed by atoms with van der Waals surface area (Å²) in [6, 6.07) is 0. The van der Waals surface area contributed by atoms with Crippen molar-refractivity contribution in [3.63, 3.8) is 0 Å². The minimum Gasteiger partial charge on any atom is -0.388 e. The molecular weight excluding hydrogens is 128 g/mol. The van der Waals surface area contributed by atoms with Gasteiger partial charge in [0.15, 0.2) is 0 Å². The highest BCUT2D eigenvalue weighted by molar-refractivity contribution is 4.93. The van der Waals surface area contributed by atoms with E-state index < -0.39 is 11.1 Å². The number of nitrogens with two attached hydrogens (primary N) is 2. The SMILES string of the molecule is CC(C)(N)C(C)(O)CCN. The molecule has 10 heavy (non-hydrogen) atoms. The van der Waals surface area contributed by atoms with E-state index in [9.17, 15) is 5.11 Å². The Hall–Kier alpha value is -0.120. The minimum atomic E-state index is -0.859. The van der Waals surface area contributed by atoms with Crippen molar-refractivity contribution in [1.29, 1.82) is 0 Å². The summed E-state index contributed by atoms with van der Waals surface area (Å²) < 4.78 is 0. The van der Waals surface area contributed by atoms with Crippen LogP contribution >= 0.6 is 0 Å². The molecule has 1 unspecified atom stereocenters. The van der Waals surface area contributed by atoms with Gasteiger partial charge in [-0.15, -0.1) is 0 Å². The fraction of sp³-hybridized carbons (Fsp3) is 1.00. The van der Waals surface area contributed by atoms with Gasteiger partial charge in [0.1, 0.15) is 0 Å². The van der Waals surface area contributed by atoms with E-state index in [0.29, 0.717) is 13.0 Å². The molecule has 3 nitrogen and oxygen atoms in total. The lowest BCUT2D eigenvalue weighted by Crippen LogP contribution is -2.55. The predicted octanol–water partition coefficient (Wildman–Crippen LogP) is -0.176. The zero-order chi connectivity index (χ0) is 8.41. The second-order valence-electron chi connectivity index (χ2n) is 3.53. The van der Waals surface area contributed by atoms with Gasteiger partial charge in [-0.1, -0.05) is 0 Å². The molecule has 0 rings (SSSR count). The number of aliphatic hydroxyl groups is 1. The molecule has 0 aliphatic carbocycles. The number of hydrogen-bond donors (Lipinski definition) is 3. The second-order valence-corrected chi connectivity index (χ2v) is 3.53. The largest absolute Gasteiger partial charge is 0.388 e. The molecule has 0 aromatic heterocycles. The van der Waals surface area contributed by atoms with E-state index in [1.807, 2.05) is 0 Å². The van der Waals surface area contributed by atoms with Crippen LogP contribution in [-0.2, 0) is 0 Å². The summed E-state index contributed by atoms with van der Waals surface area (Å²) in [5.41, 5.74) is 9.55. The molecule has 0 aromatic rings. The third-order valence-electron chi connectivity index (χ3n) is 2.02. The molecular formula is C7H18N2O. The lowest BCUT2D eigenvalue weighted by Gasteiger charge is -2.36. The first-order chi connectivity index (χ1) is 4.31. The summed E-state index contributed by atoms with van der Waals surface area (Å²) in [4.78, 5) is 0. The van der Waals surface area contributed by atoms with Gasteiger partial charge in [-0.25, -0.2) is 0 Å². The van der Waals surface area contributed by atoms with Gasteiger partial charge in [-0.05, 0) is 33.7 Å². The highest BCUT2D eigenvalue weighted by Gasteiger charge is 2.34. The van der Waals surface area contributed by atoms with Gasteiger partial charge in [-0.3, -0.25) is 0 Å². The van der Waals surface area contributed by atoms with E-state index in [1.54, 1.807) is 20.8 Å². The lowest BCUT2D eigenvalue weighted by molar-refractivity contribution is -0.00915. The Morgan fingerprint density at radius 2 is 1.70 bits per heavy atom. The third-order valence-corrected chi connectivity index (χ3v) is 2.02. The maximum Gasteiger partial charge on any atom is 0.0804 e. The van der Waals surface area contributed by atoms with Crippen LogP contribution < -0.4 is 11.5 Å². The van der Waals surface area contributed by atoms with E-state index in [-0.39, 0.29) is 0 Å². The fourth-order valence-electron chi connectivity index (χ4n) is 0.603. The Bertz CT molecular complexity index is 105. The molecule has 0 amide bonds. The van der Waals surface area contributed by atoms with Crippen LogP contribution in [0.3, 0.4) is 0 Å². The summed E-state index contributed by atoms with van der Waals surface area (Å²) in [5.74, 6) is 0. The van der Waals surface area contributed by atoms with E-state index in [4.69, 9.17) is 11.5 Å². The van der Waals surface area contributed by atoms with Crippen LogP contribution in [0.4, 0.5) is 0 Å². The molecule has 0 radical (unpaired) electrons. The average molecular weight is 146 g/mol. The van der Waals surface area contributed by atoms with Gasteiger partial charge in [0.25, 0.3) is 0 Å². The van der Waals surface area contributed by atoms with E-state index in [1.165, 1.54) is 0 Å². The van der Waals surface area contributed by atoms with Crippen LogP contribution in [0.2, 0.25) is 0 Å². The Labute approximate surface area is 62.4 Å². The molecule has 0 aliphatic heterocycles. The Kier molecular flexibility index (Phi) is 2.83. The fourth-order valence-corrected chi connectivity index (χ4v) is 0.603. The average Bonchev–Trinajstić information content (AvgIpc) is 1.61. The predicted molar refractivity (Wildman–Crippen MR) is 42.6 cm³/mol. The van der Waals surface area contributed by atoms with Gasteiger partial charge in [0.2, 0.25) is 0 Å². The molecule has 0 aliphatic rings. The van der Waals surface area contributed by atoms with Gasteiger partial charge in [0.05, 0.1) is 5.60 Å². The Balaban J connectivity index is 4.10. The van der Waals surface area contributed by atoms with Crippen LogP contribution in [-0.4, -0.2) is 22.8 Å². The molecule has 0 saturated heterocycles. The van der Waals surface area contributed by atoms with Gasteiger partial charge < -0.3 is 16.6 Å². The van der Waals surface area contributed by atoms with E-state index in [2.05, 4.69) is 0 Å². The molecule has 1 atom stereocenters. The first-order valence-electron chi connectivity index (χ1n) is 3.52. The zero-order valence-corrected chi connectivity index (χ0v) is 7.02. The molecule has 0 spiro atoms. The lowest BCUT2D eigenvalue weighted by atomic mass is 9.83. The molecule has 0 saturated carbocycles. The summed E-state index contributed by atoms with van der Waals surface area (Å²) >= 11 is 0. The summed E-state index contributed by atoms with van der Waals surface area (Å²) in [6.45, 7) is 5.76. The van der Waals surface area contributed by atoms with Crippen molar-refractivity contribution in [3.8, 4) is 0 Å². The van der Waals surface area contributed by atoms with Crippen LogP contribution in [0.15, 0.2) is 0 Å². The van der Waals surface area contributed by atoms with Crippen molar-refractivity contribution in [3.05, 3.63) is 0 Å². The zero-order valence-electron chi connectivity index (χ0n) is 7.02. The van der Waals surface area contributed by atoms with Crippen LogP contribution in [0.5, 0.6) is 0 Å². The van der Waals surface area contributed by atoms with Crippen LogP contribution in [0.1, 0.15) is 27.2 Å². The van der Waals surface area contributed by atoms with Crippen molar-refractivity contribution in [2.24, 2.45) is 11.5 Å². The van der Waals surface area contributed by atoms with Crippen molar-refractivity contribution >= 4 is 0 Å². The van der Waals surface area contributed by atoms with Gasteiger partial charge >= 0.3 is 0 Å². The topological polar surface area (TPSA) is 72.3 Å². The molecule has 0 heterocycles. The smallest absolute Gasteiger partial charge is 0.0804 e. The monoisotopic (exact) mass is 146 g/mol. The molecule has 3 heteroatoms.